The summed E-state index contributed by atoms with van der Waals surface area (Å²) in [6.45, 7) is 2.16. The van der Waals surface area contributed by atoms with Gasteiger partial charge in [0.15, 0.2) is 0 Å². The van der Waals surface area contributed by atoms with Crippen molar-refractivity contribution in [1.29, 1.82) is 0 Å². The Balaban J connectivity index is 2.10. The van der Waals surface area contributed by atoms with Gasteiger partial charge in [-0.15, -0.1) is 0 Å². The van der Waals surface area contributed by atoms with Crippen LogP contribution in [0, 0.1) is 0 Å². The van der Waals surface area contributed by atoms with Crippen LogP contribution >= 0.6 is 11.6 Å². The number of aromatic nitrogens is 1. The Bertz CT molecular complexity index is 600. The fourth-order valence-corrected chi connectivity index (χ4v) is 2.58. The summed E-state index contributed by atoms with van der Waals surface area (Å²) < 4.78 is 0. The van der Waals surface area contributed by atoms with Gasteiger partial charge in [-0.25, -0.2) is 0 Å². The van der Waals surface area contributed by atoms with E-state index in [4.69, 9.17) is 11.6 Å². The van der Waals surface area contributed by atoms with Gasteiger partial charge < -0.3 is 0 Å². The lowest BCUT2D eigenvalue weighted by molar-refractivity contribution is 1.22. The molecule has 0 saturated heterocycles. The van der Waals surface area contributed by atoms with Crippen molar-refractivity contribution >= 4 is 22.7 Å². The van der Waals surface area contributed by atoms with E-state index in [0.29, 0.717) is 0 Å². The average Bonchev–Trinajstić information content (AvgIpc) is 2.67. The van der Waals surface area contributed by atoms with Crippen LogP contribution in [0.4, 0.5) is 0 Å². The van der Waals surface area contributed by atoms with Crippen LogP contribution in [0.15, 0.2) is 42.6 Å². The molecule has 1 aliphatic carbocycles. The molecular weight excluding hydrogens is 230 g/mol. The minimum atomic E-state index is 0.804. The molecule has 84 valence electrons. The van der Waals surface area contributed by atoms with Crippen molar-refractivity contribution < 1.29 is 0 Å². The molecule has 0 aliphatic heterocycles. The molecule has 1 aromatic heterocycles. The number of pyridine rings is 1. The quantitative estimate of drug-likeness (QED) is 0.728. The Hall–Kier alpha value is -1.60. The third-order valence-corrected chi connectivity index (χ3v) is 3.50. The summed E-state index contributed by atoms with van der Waals surface area (Å²) in [6.07, 6.45) is 2.77. The molecule has 3 rings (SSSR count). The molecule has 1 nitrogen and oxygen atoms in total. The van der Waals surface area contributed by atoms with Crippen molar-refractivity contribution in [1.82, 2.24) is 4.98 Å². The van der Waals surface area contributed by atoms with Gasteiger partial charge >= 0.3 is 0 Å². The molecule has 0 amide bonds. The standard InChI is InChI=1S/C15H12ClN/c1-10-13-6-5-12(16)8-11(13)9-14(10)15-4-2-3-7-17-15/h2-8H,9H2,1H3. The Morgan fingerprint density at radius 3 is 2.82 bits per heavy atom. The lowest BCUT2D eigenvalue weighted by Crippen LogP contribution is -1.88. The van der Waals surface area contributed by atoms with E-state index in [0.717, 1.165) is 17.1 Å². The number of allylic oxidation sites excluding steroid dienone is 2. The van der Waals surface area contributed by atoms with E-state index in [-0.39, 0.29) is 0 Å². The van der Waals surface area contributed by atoms with Gasteiger partial charge in [-0.05, 0) is 53.5 Å². The maximum absolute atomic E-state index is 6.03. The monoisotopic (exact) mass is 241 g/mol. The number of hydrogen-bond acceptors (Lipinski definition) is 1. The second-order valence-corrected chi connectivity index (χ2v) is 4.73. The van der Waals surface area contributed by atoms with E-state index < -0.39 is 0 Å². The molecule has 2 heteroatoms. The largest absolute Gasteiger partial charge is 0.257 e. The first-order chi connectivity index (χ1) is 8.25. The van der Waals surface area contributed by atoms with Crippen LogP contribution in [0.25, 0.3) is 11.1 Å². The molecule has 0 radical (unpaired) electrons. The number of benzene rings is 1. The first-order valence-corrected chi connectivity index (χ1v) is 6.03. The third-order valence-electron chi connectivity index (χ3n) is 3.27. The highest BCUT2D eigenvalue weighted by atomic mass is 35.5. The van der Waals surface area contributed by atoms with Crippen molar-refractivity contribution in [3.05, 3.63) is 64.4 Å². The molecule has 0 saturated carbocycles. The summed E-state index contributed by atoms with van der Waals surface area (Å²) in [5.41, 5.74) is 6.29. The second-order valence-electron chi connectivity index (χ2n) is 4.30. The lowest BCUT2D eigenvalue weighted by Gasteiger charge is -2.02. The van der Waals surface area contributed by atoms with Crippen molar-refractivity contribution in [2.45, 2.75) is 13.3 Å². The highest BCUT2D eigenvalue weighted by molar-refractivity contribution is 6.30. The van der Waals surface area contributed by atoms with Gasteiger partial charge in [-0.1, -0.05) is 23.7 Å². The second kappa shape index (κ2) is 4.01. The van der Waals surface area contributed by atoms with Crippen molar-refractivity contribution in [3.8, 4) is 0 Å². The van der Waals surface area contributed by atoms with Crippen molar-refractivity contribution in [2.75, 3.05) is 0 Å². The SMILES string of the molecule is CC1=C(c2ccccn2)Cc2cc(Cl)ccc21. The zero-order chi connectivity index (χ0) is 11.8. The van der Waals surface area contributed by atoms with Gasteiger partial charge in [0.05, 0.1) is 5.69 Å². The first kappa shape index (κ1) is 10.5. The summed E-state index contributed by atoms with van der Waals surface area (Å²) in [4.78, 5) is 4.43. The minimum absolute atomic E-state index is 0.804. The number of fused-ring (bicyclic) bond motifs is 1. The molecule has 0 unspecified atom stereocenters. The van der Waals surface area contributed by atoms with E-state index >= 15 is 0 Å². The zero-order valence-electron chi connectivity index (χ0n) is 9.57. The van der Waals surface area contributed by atoms with E-state index in [1.54, 1.807) is 0 Å². The molecule has 1 aromatic carbocycles. The molecule has 0 spiro atoms. The van der Waals surface area contributed by atoms with Crippen LogP contribution in [0.2, 0.25) is 5.02 Å². The Kier molecular flexibility index (Phi) is 2.49. The first-order valence-electron chi connectivity index (χ1n) is 5.65. The smallest absolute Gasteiger partial charge is 0.0667 e. The molecule has 0 bridgehead atoms. The molecular formula is C15H12ClN. The molecule has 17 heavy (non-hydrogen) atoms. The normalized spacial score (nSPS) is 14.0. The number of rotatable bonds is 1. The van der Waals surface area contributed by atoms with E-state index in [2.05, 4.69) is 30.1 Å². The maximum atomic E-state index is 6.03. The van der Waals surface area contributed by atoms with Crippen LogP contribution in [0.3, 0.4) is 0 Å². The Morgan fingerprint density at radius 1 is 1.18 bits per heavy atom. The summed E-state index contributed by atoms with van der Waals surface area (Å²) in [5.74, 6) is 0. The molecule has 0 N–H and O–H groups in total. The summed E-state index contributed by atoms with van der Waals surface area (Å²) in [7, 11) is 0. The lowest BCUT2D eigenvalue weighted by atomic mass is 10.1. The molecule has 0 atom stereocenters. The highest BCUT2D eigenvalue weighted by Crippen LogP contribution is 2.38. The zero-order valence-corrected chi connectivity index (χ0v) is 10.3. The van der Waals surface area contributed by atoms with Crippen LogP contribution < -0.4 is 0 Å². The van der Waals surface area contributed by atoms with Gasteiger partial charge in [-0.3, -0.25) is 4.98 Å². The van der Waals surface area contributed by atoms with Crippen LogP contribution in [0.1, 0.15) is 23.7 Å². The fraction of sp³-hybridized carbons (Fsp3) is 0.133. The van der Waals surface area contributed by atoms with Gasteiger partial charge in [-0.2, -0.15) is 0 Å². The predicted octanol–water partition coefficient (Wildman–Crippen LogP) is 4.22. The molecule has 0 fully saturated rings. The maximum Gasteiger partial charge on any atom is 0.0667 e. The van der Waals surface area contributed by atoms with Crippen LogP contribution in [-0.4, -0.2) is 4.98 Å². The summed E-state index contributed by atoms with van der Waals surface area (Å²) >= 11 is 6.03. The van der Waals surface area contributed by atoms with Crippen LogP contribution in [0.5, 0.6) is 0 Å². The number of hydrogen-bond donors (Lipinski definition) is 0. The van der Waals surface area contributed by atoms with E-state index in [1.165, 1.54) is 22.3 Å². The average molecular weight is 242 g/mol. The Labute approximate surface area is 106 Å². The molecule has 1 aliphatic rings. The van der Waals surface area contributed by atoms with Crippen LogP contribution in [-0.2, 0) is 6.42 Å². The Morgan fingerprint density at radius 2 is 2.06 bits per heavy atom. The van der Waals surface area contributed by atoms with Crippen molar-refractivity contribution in [3.63, 3.8) is 0 Å². The molecule has 1 heterocycles. The van der Waals surface area contributed by atoms with E-state index in [9.17, 15) is 0 Å². The van der Waals surface area contributed by atoms with Gasteiger partial charge in [0.1, 0.15) is 0 Å². The minimum Gasteiger partial charge on any atom is -0.257 e. The highest BCUT2D eigenvalue weighted by Gasteiger charge is 2.20. The number of nitrogens with zero attached hydrogens (tertiary/aromatic N) is 1. The summed E-state index contributed by atoms with van der Waals surface area (Å²) in [6, 6.07) is 12.1. The van der Waals surface area contributed by atoms with E-state index in [1.807, 2.05) is 24.4 Å². The summed E-state index contributed by atoms with van der Waals surface area (Å²) in [5, 5.41) is 0.804. The fourth-order valence-electron chi connectivity index (χ4n) is 2.38. The van der Waals surface area contributed by atoms with Crippen molar-refractivity contribution in [2.24, 2.45) is 0 Å². The van der Waals surface area contributed by atoms with Gasteiger partial charge in [0.25, 0.3) is 0 Å². The third kappa shape index (κ3) is 1.77. The number of halogens is 1. The topological polar surface area (TPSA) is 12.9 Å². The van der Waals surface area contributed by atoms with Gasteiger partial charge in [0.2, 0.25) is 0 Å². The van der Waals surface area contributed by atoms with Gasteiger partial charge in [0, 0.05) is 17.6 Å². The predicted molar refractivity (Wildman–Crippen MR) is 71.9 cm³/mol. The molecule has 2 aromatic rings.